The van der Waals surface area contributed by atoms with Crippen LogP contribution >= 0.6 is 0 Å². The van der Waals surface area contributed by atoms with Crippen LogP contribution in [0, 0.1) is 0 Å². The first-order valence-electron chi connectivity index (χ1n) is 8.02. The molecule has 0 radical (unpaired) electrons. The highest BCUT2D eigenvalue weighted by Gasteiger charge is 2.28. The summed E-state index contributed by atoms with van der Waals surface area (Å²) >= 11 is 0. The van der Waals surface area contributed by atoms with Crippen molar-refractivity contribution in [1.29, 1.82) is 0 Å². The van der Waals surface area contributed by atoms with Gasteiger partial charge in [0.2, 0.25) is 0 Å². The van der Waals surface area contributed by atoms with E-state index in [1.165, 1.54) is 7.11 Å². The molecule has 0 spiro atoms. The van der Waals surface area contributed by atoms with Gasteiger partial charge in [-0.15, -0.1) is 0 Å². The van der Waals surface area contributed by atoms with Gasteiger partial charge in [-0.05, 0) is 24.3 Å². The van der Waals surface area contributed by atoms with Crippen LogP contribution in [0.3, 0.4) is 0 Å². The highest BCUT2D eigenvalue weighted by atomic mass is 16.6. The number of ether oxygens (including phenoxy) is 2. The Balaban J connectivity index is 1.80. The quantitative estimate of drug-likeness (QED) is 0.431. The second-order valence-electron chi connectivity index (χ2n) is 6.03. The van der Waals surface area contributed by atoms with Crippen molar-refractivity contribution >= 4 is 21.9 Å². The zero-order chi connectivity index (χ0) is 17.8. The maximum Gasteiger partial charge on any atom is 0.343 e. The number of methoxy groups -OCH3 is 1. The molecular formula is C20H12O6. The number of hydrogen-bond acceptors (Lipinski definition) is 6. The van der Waals surface area contributed by atoms with Crippen molar-refractivity contribution in [2.24, 2.45) is 0 Å². The Morgan fingerprint density at radius 2 is 1.77 bits per heavy atom. The van der Waals surface area contributed by atoms with E-state index in [0.29, 0.717) is 44.6 Å². The Labute approximate surface area is 146 Å². The number of rotatable bonds is 1. The monoisotopic (exact) mass is 348 g/mol. The van der Waals surface area contributed by atoms with Gasteiger partial charge in [0.05, 0.1) is 29.0 Å². The predicted octanol–water partition coefficient (Wildman–Crippen LogP) is 3.60. The molecule has 3 heterocycles. The van der Waals surface area contributed by atoms with Crippen LogP contribution in [-0.4, -0.2) is 7.11 Å². The van der Waals surface area contributed by atoms with E-state index in [1.807, 2.05) is 6.07 Å². The second-order valence-corrected chi connectivity index (χ2v) is 6.03. The van der Waals surface area contributed by atoms with Gasteiger partial charge in [-0.25, -0.2) is 4.79 Å². The fourth-order valence-corrected chi connectivity index (χ4v) is 3.25. The fourth-order valence-electron chi connectivity index (χ4n) is 3.25. The van der Waals surface area contributed by atoms with E-state index in [4.69, 9.17) is 18.3 Å². The van der Waals surface area contributed by atoms with Gasteiger partial charge in [0.1, 0.15) is 16.9 Å². The first kappa shape index (κ1) is 14.8. The Morgan fingerprint density at radius 1 is 0.923 bits per heavy atom. The first-order chi connectivity index (χ1) is 12.7. The van der Waals surface area contributed by atoms with Crippen molar-refractivity contribution in [3.05, 3.63) is 74.2 Å². The highest BCUT2D eigenvalue weighted by Crippen LogP contribution is 2.39. The summed E-state index contributed by atoms with van der Waals surface area (Å²) in [4.78, 5) is 25.2. The molecule has 0 N–H and O–H groups in total. The zero-order valence-electron chi connectivity index (χ0n) is 13.7. The molecule has 0 aliphatic carbocycles. The Bertz CT molecular complexity index is 1310. The summed E-state index contributed by atoms with van der Waals surface area (Å²) in [5.74, 6) is 1.04. The van der Waals surface area contributed by atoms with Gasteiger partial charge in [-0.1, -0.05) is 12.1 Å². The molecule has 0 unspecified atom stereocenters. The van der Waals surface area contributed by atoms with Crippen molar-refractivity contribution in [3.63, 3.8) is 0 Å². The normalized spacial score (nSPS) is 12.5. The molecule has 128 valence electrons. The fraction of sp³-hybridized carbons (Fsp3) is 0.100. The lowest BCUT2D eigenvalue weighted by molar-refractivity contribution is 0.334. The molecule has 2 aromatic carbocycles. The van der Waals surface area contributed by atoms with Crippen LogP contribution in [-0.2, 0) is 6.42 Å². The minimum atomic E-state index is -0.515. The van der Waals surface area contributed by atoms with Crippen LogP contribution in [0.2, 0.25) is 0 Å². The van der Waals surface area contributed by atoms with Gasteiger partial charge in [-0.2, -0.15) is 0 Å². The van der Waals surface area contributed by atoms with Crippen LogP contribution < -0.4 is 20.5 Å². The summed E-state index contributed by atoms with van der Waals surface area (Å²) in [6.07, 6.45) is 0.0993. The van der Waals surface area contributed by atoms with E-state index in [0.717, 1.165) is 0 Å². The molecule has 1 aliphatic rings. The molecule has 5 rings (SSSR count). The van der Waals surface area contributed by atoms with E-state index in [-0.39, 0.29) is 17.8 Å². The van der Waals surface area contributed by atoms with Crippen molar-refractivity contribution in [3.8, 4) is 17.4 Å². The molecule has 0 saturated heterocycles. The summed E-state index contributed by atoms with van der Waals surface area (Å²) in [7, 11) is 1.54. The van der Waals surface area contributed by atoms with Gasteiger partial charge in [0.25, 0.3) is 5.95 Å². The third kappa shape index (κ3) is 1.99. The lowest BCUT2D eigenvalue weighted by Crippen LogP contribution is -2.20. The molecule has 2 aromatic heterocycles. The highest BCUT2D eigenvalue weighted by molar-refractivity contribution is 5.86. The van der Waals surface area contributed by atoms with Gasteiger partial charge in [0, 0.05) is 12.5 Å². The molecule has 4 aromatic rings. The molecule has 0 amide bonds. The van der Waals surface area contributed by atoms with Crippen molar-refractivity contribution in [2.75, 3.05) is 7.11 Å². The number of fused-ring (bicyclic) bond motifs is 5. The Hall–Kier alpha value is -3.54. The van der Waals surface area contributed by atoms with E-state index in [9.17, 15) is 9.59 Å². The van der Waals surface area contributed by atoms with Crippen LogP contribution in [0.25, 0.3) is 21.9 Å². The minimum Gasteiger partial charge on any atom is -0.497 e. The molecule has 1 aliphatic heterocycles. The average Bonchev–Trinajstić information content (AvgIpc) is 2.67. The molecule has 0 fully saturated rings. The van der Waals surface area contributed by atoms with Crippen molar-refractivity contribution in [2.45, 2.75) is 6.42 Å². The molecule has 0 bridgehead atoms. The van der Waals surface area contributed by atoms with Gasteiger partial charge >= 0.3 is 5.63 Å². The van der Waals surface area contributed by atoms with E-state index in [1.54, 1.807) is 36.4 Å². The summed E-state index contributed by atoms with van der Waals surface area (Å²) in [6, 6.07) is 12.0. The SMILES string of the molecule is COc1ccc2c(=O)c3c(oc2c1)Oc1c(c(=O)oc2ccccc12)C3. The standard InChI is InChI=1S/C20H12O6/c1-23-10-6-7-11-16(8-10)25-20-13(17(11)21)9-14-18(26-20)12-4-2-3-5-15(12)24-19(14)22/h2-8H,9H2,1H3. The van der Waals surface area contributed by atoms with Crippen molar-refractivity contribution < 1.29 is 18.3 Å². The van der Waals surface area contributed by atoms with Crippen LogP contribution in [0.1, 0.15) is 11.1 Å². The Morgan fingerprint density at radius 3 is 2.62 bits per heavy atom. The predicted molar refractivity (Wildman–Crippen MR) is 94.4 cm³/mol. The number of benzene rings is 2. The van der Waals surface area contributed by atoms with Gasteiger partial charge in [-0.3, -0.25) is 4.79 Å². The lowest BCUT2D eigenvalue weighted by atomic mass is 10.0. The van der Waals surface area contributed by atoms with Crippen LogP contribution in [0.4, 0.5) is 0 Å². The first-order valence-corrected chi connectivity index (χ1v) is 8.02. The molecule has 6 nitrogen and oxygen atoms in total. The maximum absolute atomic E-state index is 12.8. The number of para-hydroxylation sites is 1. The van der Waals surface area contributed by atoms with Gasteiger partial charge < -0.3 is 18.3 Å². The van der Waals surface area contributed by atoms with E-state index in [2.05, 4.69) is 0 Å². The van der Waals surface area contributed by atoms with E-state index < -0.39 is 5.63 Å². The van der Waals surface area contributed by atoms with Crippen molar-refractivity contribution in [1.82, 2.24) is 0 Å². The zero-order valence-corrected chi connectivity index (χ0v) is 13.7. The molecular weight excluding hydrogens is 336 g/mol. The average molecular weight is 348 g/mol. The third-order valence-corrected chi connectivity index (χ3v) is 4.56. The molecule has 26 heavy (non-hydrogen) atoms. The van der Waals surface area contributed by atoms with Crippen LogP contribution in [0.15, 0.2) is 60.9 Å². The molecule has 6 heteroatoms. The topological polar surface area (TPSA) is 78.9 Å². The Kier molecular flexibility index (Phi) is 2.97. The lowest BCUT2D eigenvalue weighted by Gasteiger charge is -2.19. The minimum absolute atomic E-state index is 0.0963. The summed E-state index contributed by atoms with van der Waals surface area (Å²) in [6.45, 7) is 0. The third-order valence-electron chi connectivity index (χ3n) is 4.56. The smallest absolute Gasteiger partial charge is 0.343 e. The van der Waals surface area contributed by atoms with E-state index >= 15 is 0 Å². The summed E-state index contributed by atoms with van der Waals surface area (Å²) in [5, 5.41) is 1.06. The molecule has 0 saturated carbocycles. The maximum atomic E-state index is 12.8. The second kappa shape index (κ2) is 5.23. The summed E-state index contributed by atoms with van der Waals surface area (Å²) in [5.41, 5.74) is 0.656. The largest absolute Gasteiger partial charge is 0.497 e. The summed E-state index contributed by atoms with van der Waals surface area (Å²) < 4.78 is 22.2. The number of hydrogen-bond donors (Lipinski definition) is 0. The molecule has 0 atom stereocenters. The van der Waals surface area contributed by atoms with Crippen LogP contribution in [0.5, 0.6) is 17.4 Å². The van der Waals surface area contributed by atoms with Gasteiger partial charge in [0.15, 0.2) is 11.2 Å².